The molecule has 2 aromatic rings. The second-order valence-corrected chi connectivity index (χ2v) is 7.76. The number of benzene rings is 2. The molecule has 1 atom stereocenters. The third-order valence-corrected chi connectivity index (χ3v) is 5.24. The lowest BCUT2D eigenvalue weighted by Gasteiger charge is -2.19. The molecule has 5 nitrogen and oxygen atoms in total. The number of Topliss-reactive ketones (excluding diaryl/α,β-unsaturated/α-hetero) is 1. The van der Waals surface area contributed by atoms with Gasteiger partial charge in [-0.15, -0.1) is 0 Å². The van der Waals surface area contributed by atoms with Crippen LogP contribution in [0.4, 0.5) is 0 Å². The molecular formula is C26H36O5. The topological polar surface area (TPSA) is 65.0 Å². The molecule has 0 saturated carbocycles. The van der Waals surface area contributed by atoms with E-state index in [0.29, 0.717) is 30.9 Å². The Hall–Kier alpha value is -2.69. The van der Waals surface area contributed by atoms with Crippen LogP contribution in [-0.4, -0.2) is 30.2 Å². The third kappa shape index (κ3) is 6.91. The van der Waals surface area contributed by atoms with E-state index in [1.807, 2.05) is 25.1 Å². The molecule has 0 spiro atoms. The fourth-order valence-electron chi connectivity index (χ4n) is 3.32. The number of phenols is 1. The predicted octanol–water partition coefficient (Wildman–Crippen LogP) is 6.13. The lowest BCUT2D eigenvalue weighted by atomic mass is 10.0. The molecule has 0 aliphatic carbocycles. The average Bonchev–Trinajstić information content (AvgIpc) is 2.75. The molecule has 0 amide bonds. The van der Waals surface area contributed by atoms with Gasteiger partial charge in [-0.25, -0.2) is 0 Å². The highest BCUT2D eigenvalue weighted by atomic mass is 16.5. The molecule has 0 fully saturated rings. The van der Waals surface area contributed by atoms with Crippen LogP contribution in [-0.2, 0) is 12.8 Å². The summed E-state index contributed by atoms with van der Waals surface area (Å²) < 4.78 is 18.0. The molecule has 31 heavy (non-hydrogen) atoms. The Morgan fingerprint density at radius 1 is 1.03 bits per heavy atom. The van der Waals surface area contributed by atoms with Gasteiger partial charge in [0.05, 0.1) is 24.9 Å². The molecule has 2 rings (SSSR count). The number of rotatable bonds is 13. The van der Waals surface area contributed by atoms with Crippen molar-refractivity contribution in [2.45, 2.75) is 72.8 Å². The van der Waals surface area contributed by atoms with Crippen LogP contribution in [0.25, 0.3) is 0 Å². The molecule has 0 aliphatic heterocycles. The number of hydrogen-bond donors (Lipinski definition) is 1. The van der Waals surface area contributed by atoms with E-state index in [0.717, 1.165) is 48.3 Å². The highest BCUT2D eigenvalue weighted by molar-refractivity contribution is 5.97. The molecule has 5 heteroatoms. The molecule has 0 heterocycles. The molecule has 2 aromatic carbocycles. The average molecular weight is 429 g/mol. The number of aromatic hydroxyl groups is 1. The number of phenolic OH excluding ortho intramolecular Hbond substituents is 1. The fourth-order valence-corrected chi connectivity index (χ4v) is 3.32. The van der Waals surface area contributed by atoms with Crippen LogP contribution < -0.4 is 14.2 Å². The Morgan fingerprint density at radius 3 is 2.32 bits per heavy atom. The van der Waals surface area contributed by atoms with E-state index < -0.39 is 0 Å². The highest BCUT2D eigenvalue weighted by Crippen LogP contribution is 2.32. The van der Waals surface area contributed by atoms with Crippen LogP contribution in [0.3, 0.4) is 0 Å². The van der Waals surface area contributed by atoms with Crippen LogP contribution in [0, 0.1) is 0 Å². The number of carbonyl (C=O) groups is 1. The first-order chi connectivity index (χ1) is 14.9. The van der Waals surface area contributed by atoms with Crippen molar-refractivity contribution in [3.8, 4) is 23.0 Å². The van der Waals surface area contributed by atoms with Gasteiger partial charge in [0.2, 0.25) is 0 Å². The van der Waals surface area contributed by atoms with Crippen molar-refractivity contribution in [1.29, 1.82) is 0 Å². The summed E-state index contributed by atoms with van der Waals surface area (Å²) in [6.07, 6.45) is 4.45. The summed E-state index contributed by atoms with van der Waals surface area (Å²) in [5, 5.41) is 10.1. The van der Waals surface area contributed by atoms with Gasteiger partial charge in [-0.05, 0) is 56.9 Å². The smallest absolute Gasteiger partial charge is 0.163 e. The van der Waals surface area contributed by atoms with Gasteiger partial charge in [-0.2, -0.15) is 0 Å². The summed E-state index contributed by atoms with van der Waals surface area (Å²) in [6.45, 7) is 10.8. The van der Waals surface area contributed by atoms with E-state index in [1.54, 1.807) is 6.07 Å². The highest BCUT2D eigenvalue weighted by Gasteiger charge is 2.14. The number of hydrogen-bond acceptors (Lipinski definition) is 5. The Labute approximate surface area is 186 Å². The normalized spacial score (nSPS) is 11.8. The maximum absolute atomic E-state index is 11.6. The Kier molecular flexibility index (Phi) is 9.70. The molecule has 0 bridgehead atoms. The quantitative estimate of drug-likeness (QED) is 0.307. The minimum absolute atomic E-state index is 0.0433. The lowest BCUT2D eigenvalue weighted by molar-refractivity contribution is 0.101. The zero-order valence-electron chi connectivity index (χ0n) is 19.5. The van der Waals surface area contributed by atoms with Crippen LogP contribution in [0.2, 0.25) is 0 Å². The zero-order chi connectivity index (χ0) is 22.8. The van der Waals surface area contributed by atoms with Gasteiger partial charge in [-0.1, -0.05) is 33.3 Å². The molecule has 0 aliphatic rings. The van der Waals surface area contributed by atoms with E-state index >= 15 is 0 Å². The van der Waals surface area contributed by atoms with E-state index in [4.69, 9.17) is 14.2 Å². The summed E-state index contributed by atoms with van der Waals surface area (Å²) in [5.74, 6) is 2.17. The zero-order valence-corrected chi connectivity index (χ0v) is 19.5. The van der Waals surface area contributed by atoms with Crippen molar-refractivity contribution in [3.63, 3.8) is 0 Å². The summed E-state index contributed by atoms with van der Waals surface area (Å²) in [6, 6.07) is 9.21. The maximum Gasteiger partial charge on any atom is 0.163 e. The largest absolute Gasteiger partial charge is 0.507 e. The van der Waals surface area contributed by atoms with Crippen molar-refractivity contribution in [2.75, 3.05) is 13.2 Å². The summed E-state index contributed by atoms with van der Waals surface area (Å²) in [7, 11) is 0. The van der Waals surface area contributed by atoms with Gasteiger partial charge < -0.3 is 19.3 Å². The van der Waals surface area contributed by atoms with Crippen molar-refractivity contribution in [2.24, 2.45) is 0 Å². The molecule has 170 valence electrons. The SMILES string of the molecule is CCCc1c(OCCCOc2cc(O)c(C(C)=O)cc2CC)cccc1OC(C)CC. The standard InChI is InChI=1S/C26H36O5/c1-6-11-21-24(12-9-13-25(21)31-18(4)7-2)29-14-10-15-30-26-17-23(28)22(19(5)27)16-20(26)8-3/h9,12-13,16-18,28H,6-8,10-11,14-15H2,1-5H3. The summed E-state index contributed by atoms with van der Waals surface area (Å²) in [5.41, 5.74) is 2.35. The number of aryl methyl sites for hydroxylation is 1. The van der Waals surface area contributed by atoms with Gasteiger partial charge >= 0.3 is 0 Å². The Morgan fingerprint density at radius 2 is 1.71 bits per heavy atom. The van der Waals surface area contributed by atoms with Crippen molar-refractivity contribution in [3.05, 3.63) is 47.0 Å². The Bertz CT molecular complexity index is 859. The van der Waals surface area contributed by atoms with E-state index in [2.05, 4.69) is 20.8 Å². The predicted molar refractivity (Wildman–Crippen MR) is 124 cm³/mol. The van der Waals surface area contributed by atoms with E-state index in [-0.39, 0.29) is 17.6 Å². The van der Waals surface area contributed by atoms with Crippen LogP contribution in [0.1, 0.15) is 75.4 Å². The number of ether oxygens (including phenoxy) is 3. The second kappa shape index (κ2) is 12.2. The minimum Gasteiger partial charge on any atom is -0.507 e. The van der Waals surface area contributed by atoms with Crippen LogP contribution >= 0.6 is 0 Å². The van der Waals surface area contributed by atoms with Gasteiger partial charge in [0.25, 0.3) is 0 Å². The van der Waals surface area contributed by atoms with Crippen LogP contribution in [0.5, 0.6) is 23.0 Å². The summed E-state index contributed by atoms with van der Waals surface area (Å²) in [4.78, 5) is 11.6. The minimum atomic E-state index is -0.158. The van der Waals surface area contributed by atoms with Crippen molar-refractivity contribution >= 4 is 5.78 Å². The summed E-state index contributed by atoms with van der Waals surface area (Å²) >= 11 is 0. The van der Waals surface area contributed by atoms with Crippen LogP contribution in [0.15, 0.2) is 30.3 Å². The fraction of sp³-hybridized carbons (Fsp3) is 0.500. The number of ketones is 1. The van der Waals surface area contributed by atoms with Crippen molar-refractivity contribution < 1.29 is 24.1 Å². The molecule has 0 aromatic heterocycles. The molecule has 0 radical (unpaired) electrons. The monoisotopic (exact) mass is 428 g/mol. The lowest BCUT2D eigenvalue weighted by Crippen LogP contribution is -2.12. The van der Waals surface area contributed by atoms with Gasteiger partial charge in [0.1, 0.15) is 23.0 Å². The molecular weight excluding hydrogens is 392 g/mol. The first kappa shape index (κ1) is 24.6. The first-order valence-corrected chi connectivity index (χ1v) is 11.3. The van der Waals surface area contributed by atoms with E-state index in [9.17, 15) is 9.90 Å². The number of carbonyl (C=O) groups excluding carboxylic acids is 1. The van der Waals surface area contributed by atoms with Gasteiger partial charge in [0, 0.05) is 18.1 Å². The second-order valence-electron chi connectivity index (χ2n) is 7.76. The molecule has 0 saturated heterocycles. The molecule has 1 unspecified atom stereocenters. The Balaban J connectivity index is 1.97. The van der Waals surface area contributed by atoms with Gasteiger partial charge in [-0.3, -0.25) is 4.79 Å². The van der Waals surface area contributed by atoms with E-state index in [1.165, 1.54) is 13.0 Å². The first-order valence-electron chi connectivity index (χ1n) is 11.3. The maximum atomic E-state index is 11.6. The molecule has 1 N–H and O–H groups in total. The third-order valence-electron chi connectivity index (χ3n) is 5.24. The van der Waals surface area contributed by atoms with Gasteiger partial charge in [0.15, 0.2) is 5.78 Å². The van der Waals surface area contributed by atoms with Crippen molar-refractivity contribution in [1.82, 2.24) is 0 Å².